The van der Waals surface area contributed by atoms with Gasteiger partial charge in [0.1, 0.15) is 6.61 Å². The summed E-state index contributed by atoms with van der Waals surface area (Å²) in [4.78, 5) is 35.2. The van der Waals surface area contributed by atoms with Crippen molar-refractivity contribution in [2.75, 3.05) is 26.4 Å². The highest BCUT2D eigenvalue weighted by molar-refractivity contribution is 7.47. The van der Waals surface area contributed by atoms with E-state index < -0.39 is 50.8 Å². The Morgan fingerprint density at radius 3 is 1.63 bits per heavy atom. The minimum absolute atomic E-state index is 0.0250. The third kappa shape index (κ3) is 33.2. The van der Waals surface area contributed by atoms with E-state index in [9.17, 15) is 34.4 Å². The lowest BCUT2D eigenvalue weighted by Crippen LogP contribution is -2.29. The molecule has 62 heavy (non-hydrogen) atoms. The Kier molecular flexibility index (Phi) is 37.8. The van der Waals surface area contributed by atoms with E-state index in [1.165, 1.54) is 109 Å². The summed E-state index contributed by atoms with van der Waals surface area (Å²) in [6.07, 6.45) is 35.9. The first-order valence-corrected chi connectivity index (χ1v) is 26.9. The number of aliphatic hydroxyl groups excluding tert-OH is 3. The number of phosphoric acid groups is 1. The maximum absolute atomic E-state index is 12.7. The van der Waals surface area contributed by atoms with Gasteiger partial charge in [0.25, 0.3) is 0 Å². The number of aliphatic hydroxyl groups is 3. The maximum Gasteiger partial charge on any atom is 0.472 e. The summed E-state index contributed by atoms with van der Waals surface area (Å²) < 4.78 is 32.9. The smallest absolute Gasteiger partial charge is 0.462 e. The number of hydrogen-bond donors (Lipinski definition) is 5. The van der Waals surface area contributed by atoms with Crippen LogP contribution in [0.25, 0.3) is 0 Å². The van der Waals surface area contributed by atoms with Crippen LogP contribution in [0.1, 0.15) is 226 Å². The van der Waals surface area contributed by atoms with E-state index in [2.05, 4.69) is 13.8 Å². The lowest BCUT2D eigenvalue weighted by molar-refractivity contribution is -0.161. The van der Waals surface area contributed by atoms with E-state index in [-0.39, 0.29) is 44.4 Å². The summed E-state index contributed by atoms with van der Waals surface area (Å²) >= 11 is 0. The van der Waals surface area contributed by atoms with Crippen LogP contribution < -0.4 is 5.73 Å². The van der Waals surface area contributed by atoms with Crippen molar-refractivity contribution in [3.05, 3.63) is 12.2 Å². The highest BCUT2D eigenvalue weighted by Crippen LogP contribution is 2.43. The second kappa shape index (κ2) is 39.9. The van der Waals surface area contributed by atoms with Crippen molar-refractivity contribution in [2.24, 2.45) is 17.6 Å². The van der Waals surface area contributed by atoms with Gasteiger partial charge in [-0.3, -0.25) is 18.6 Å². The van der Waals surface area contributed by atoms with Crippen LogP contribution in [0.15, 0.2) is 12.2 Å². The molecule has 1 fully saturated rings. The highest BCUT2D eigenvalue weighted by Gasteiger charge is 2.39. The first-order valence-electron chi connectivity index (χ1n) is 25.4. The fraction of sp³-hybridized carbons (Fsp3) is 0.918. The molecule has 7 atom stereocenters. The number of esters is 2. The van der Waals surface area contributed by atoms with Crippen molar-refractivity contribution in [1.29, 1.82) is 0 Å². The normalized spacial score (nSPS) is 19.8. The monoisotopic (exact) mass is 904 g/mol. The van der Waals surface area contributed by atoms with Gasteiger partial charge in [0.05, 0.1) is 31.5 Å². The van der Waals surface area contributed by atoms with E-state index in [1.807, 2.05) is 6.08 Å². The van der Waals surface area contributed by atoms with Crippen LogP contribution >= 0.6 is 7.82 Å². The summed E-state index contributed by atoms with van der Waals surface area (Å²) in [6, 6.07) is 0. The van der Waals surface area contributed by atoms with Crippen LogP contribution in [0, 0.1) is 11.8 Å². The van der Waals surface area contributed by atoms with Gasteiger partial charge in [0, 0.05) is 31.7 Å². The number of unbranched alkanes of at least 4 members (excludes halogenated alkanes) is 25. The quantitative estimate of drug-likeness (QED) is 0.0168. The number of phosphoric ester groups is 1. The predicted octanol–water partition coefficient (Wildman–Crippen LogP) is 11.3. The maximum atomic E-state index is 12.7. The average molecular weight is 904 g/mol. The minimum Gasteiger partial charge on any atom is -0.462 e. The highest BCUT2D eigenvalue weighted by atomic mass is 31.2. The SMILES string of the molecule is CCCCCCCCCCCCCCCCCCCCCCCC(=O)O[C@H](COC(=O)CCCCCC[C@@H]1[C@@H](/C=C/[C@@H](O)CCCCC)[C@H](O)C[C@@H]1O)COP(=O)(O)OCCN. The molecule has 366 valence electrons. The van der Waals surface area contributed by atoms with Gasteiger partial charge < -0.3 is 35.4 Å². The molecule has 1 saturated carbocycles. The number of nitrogens with two attached hydrogens (primary N) is 1. The predicted molar refractivity (Wildman–Crippen MR) is 249 cm³/mol. The summed E-state index contributed by atoms with van der Waals surface area (Å²) in [5, 5.41) is 31.4. The van der Waals surface area contributed by atoms with Crippen LogP contribution in [0.3, 0.4) is 0 Å². The fourth-order valence-electron chi connectivity index (χ4n) is 8.44. The van der Waals surface area contributed by atoms with E-state index in [1.54, 1.807) is 6.08 Å². The molecule has 0 aromatic rings. The second-order valence-corrected chi connectivity index (χ2v) is 19.5. The molecular weight excluding hydrogens is 810 g/mol. The molecule has 0 radical (unpaired) electrons. The largest absolute Gasteiger partial charge is 0.472 e. The van der Waals surface area contributed by atoms with Crippen molar-refractivity contribution < 1.29 is 52.9 Å². The number of hydrogen-bond acceptors (Lipinski definition) is 11. The molecule has 0 aromatic carbocycles. The molecule has 6 N–H and O–H groups in total. The van der Waals surface area contributed by atoms with Gasteiger partial charge >= 0.3 is 19.8 Å². The molecule has 12 nitrogen and oxygen atoms in total. The zero-order chi connectivity index (χ0) is 45.5. The van der Waals surface area contributed by atoms with Crippen LogP contribution in [-0.4, -0.2) is 82.9 Å². The molecule has 0 aliphatic heterocycles. The Labute approximate surface area is 377 Å². The van der Waals surface area contributed by atoms with Crippen molar-refractivity contribution in [2.45, 2.75) is 250 Å². The Morgan fingerprint density at radius 1 is 0.645 bits per heavy atom. The van der Waals surface area contributed by atoms with E-state index in [0.29, 0.717) is 25.7 Å². The Morgan fingerprint density at radius 2 is 1.11 bits per heavy atom. The summed E-state index contributed by atoms with van der Waals surface area (Å²) in [5.74, 6) is -1.23. The molecule has 0 saturated heterocycles. The number of ether oxygens (including phenoxy) is 2. The van der Waals surface area contributed by atoms with Gasteiger partial charge in [0.15, 0.2) is 6.10 Å². The van der Waals surface area contributed by atoms with Gasteiger partial charge in [0.2, 0.25) is 0 Å². The molecule has 13 heteroatoms. The molecule has 1 rings (SSSR count). The lowest BCUT2D eigenvalue weighted by Gasteiger charge is -2.21. The first-order chi connectivity index (χ1) is 30.0. The lowest BCUT2D eigenvalue weighted by atomic mass is 9.88. The van der Waals surface area contributed by atoms with Crippen molar-refractivity contribution in [1.82, 2.24) is 0 Å². The van der Waals surface area contributed by atoms with E-state index >= 15 is 0 Å². The number of carbonyl (C=O) groups is 2. The third-order valence-electron chi connectivity index (χ3n) is 12.3. The molecule has 1 aliphatic rings. The number of carbonyl (C=O) groups excluding carboxylic acids is 2. The molecule has 1 aliphatic carbocycles. The third-order valence-corrected chi connectivity index (χ3v) is 13.2. The molecule has 0 heterocycles. The average Bonchev–Trinajstić information content (AvgIpc) is 3.52. The van der Waals surface area contributed by atoms with Crippen LogP contribution in [-0.2, 0) is 32.7 Å². The molecule has 0 amide bonds. The zero-order valence-electron chi connectivity index (χ0n) is 39.5. The van der Waals surface area contributed by atoms with E-state index in [4.69, 9.17) is 24.3 Å². The van der Waals surface area contributed by atoms with Crippen LogP contribution in [0.5, 0.6) is 0 Å². The molecule has 0 aromatic heterocycles. The molecule has 0 bridgehead atoms. The van der Waals surface area contributed by atoms with Crippen molar-refractivity contribution in [3.8, 4) is 0 Å². The van der Waals surface area contributed by atoms with Gasteiger partial charge in [-0.15, -0.1) is 0 Å². The first kappa shape index (κ1) is 58.6. The Hall–Kier alpha value is -1.37. The summed E-state index contributed by atoms with van der Waals surface area (Å²) in [7, 11) is -4.43. The van der Waals surface area contributed by atoms with Crippen LogP contribution in [0.2, 0.25) is 0 Å². The Balaban J connectivity index is 2.26. The topological polar surface area (TPSA) is 195 Å². The summed E-state index contributed by atoms with van der Waals surface area (Å²) in [6.45, 7) is 3.44. The van der Waals surface area contributed by atoms with Gasteiger partial charge in [-0.2, -0.15) is 0 Å². The summed E-state index contributed by atoms with van der Waals surface area (Å²) in [5.41, 5.74) is 5.36. The van der Waals surface area contributed by atoms with E-state index in [0.717, 1.165) is 64.2 Å². The molecule has 1 unspecified atom stereocenters. The number of rotatable bonds is 44. The fourth-order valence-corrected chi connectivity index (χ4v) is 9.20. The van der Waals surface area contributed by atoms with Gasteiger partial charge in [-0.1, -0.05) is 193 Å². The van der Waals surface area contributed by atoms with Gasteiger partial charge in [-0.05, 0) is 31.6 Å². The molecule has 0 spiro atoms. The minimum atomic E-state index is -4.43. The van der Waals surface area contributed by atoms with Crippen LogP contribution in [0.4, 0.5) is 0 Å². The zero-order valence-corrected chi connectivity index (χ0v) is 40.3. The van der Waals surface area contributed by atoms with Crippen molar-refractivity contribution >= 4 is 19.8 Å². The standard InChI is InChI=1S/C49H94NO11P/c1-3-5-7-8-9-10-11-12-13-14-15-16-17-18-19-20-21-22-23-24-30-34-49(55)61-43(41-60-62(56,57)59-38-37-50)40-58-48(54)33-29-26-25-28-32-44-45(47(53)39-46(44)52)36-35-42(51)31-27-6-4-2/h35-36,42-47,51-53H,3-34,37-41,50H2,1-2H3,(H,56,57)/b36-35+/t42-,43+,44+,45+,46-,47+/m0/s1. The van der Waals surface area contributed by atoms with Crippen molar-refractivity contribution in [3.63, 3.8) is 0 Å². The van der Waals surface area contributed by atoms with Gasteiger partial charge in [-0.25, -0.2) is 4.57 Å². The Bertz CT molecular complexity index is 1140. The second-order valence-electron chi connectivity index (χ2n) is 18.0. The molecular formula is C49H94NO11P.